The number of hydrogen-bond acceptors (Lipinski definition) is 5. The van der Waals surface area contributed by atoms with E-state index < -0.39 is 5.97 Å². The maximum atomic E-state index is 11.7. The van der Waals surface area contributed by atoms with Crippen LogP contribution in [0.1, 0.15) is 22.8 Å². The van der Waals surface area contributed by atoms with E-state index in [9.17, 15) is 9.59 Å². The first kappa shape index (κ1) is 16.7. The Kier molecular flexibility index (Phi) is 6.67. The highest BCUT2D eigenvalue weighted by atomic mass is 127. The van der Waals surface area contributed by atoms with Gasteiger partial charge in [-0.25, -0.2) is 4.79 Å². The average molecular weight is 405 g/mol. The molecule has 0 atom stereocenters. The molecule has 0 saturated heterocycles. The van der Waals surface area contributed by atoms with Crippen molar-refractivity contribution in [3.8, 4) is 16.9 Å². The van der Waals surface area contributed by atoms with Crippen LogP contribution in [0.4, 0.5) is 5.69 Å². The van der Waals surface area contributed by atoms with E-state index in [2.05, 4.69) is 16.5 Å². The van der Waals surface area contributed by atoms with E-state index >= 15 is 0 Å². The Hall–Kier alpha value is -1.40. The molecular weight excluding hydrogens is 393 g/mol. The monoisotopic (exact) mass is 405 g/mol. The number of esters is 1. The maximum absolute atomic E-state index is 11.7. The number of amides is 1. The largest absolute Gasteiger partial charge is 0.496 e. The van der Waals surface area contributed by atoms with Crippen LogP contribution in [0.2, 0.25) is 0 Å². The van der Waals surface area contributed by atoms with Gasteiger partial charge in [-0.2, -0.15) is 0 Å². The smallest absolute Gasteiger partial charge is 0.341 e. The molecule has 0 heterocycles. The van der Waals surface area contributed by atoms with Crippen molar-refractivity contribution in [1.29, 1.82) is 0 Å². The van der Waals surface area contributed by atoms with Crippen LogP contribution >= 0.6 is 30.1 Å². The predicted octanol–water partition coefficient (Wildman–Crippen LogP) is 2.83. The quantitative estimate of drug-likeness (QED) is 0.476. The lowest BCUT2D eigenvalue weighted by Gasteiger charge is -2.12. The molecule has 0 aliphatic heterocycles. The van der Waals surface area contributed by atoms with Gasteiger partial charge in [0.25, 0.3) is 0 Å². The lowest BCUT2D eigenvalue weighted by atomic mass is 10.1. The number of methoxy groups -OCH3 is 2. The van der Waals surface area contributed by atoms with Crippen molar-refractivity contribution >= 4 is 47.7 Å². The van der Waals surface area contributed by atoms with Crippen LogP contribution in [0.25, 0.3) is 0 Å². The summed E-state index contributed by atoms with van der Waals surface area (Å²) in [5, 5.41) is 5.46. The van der Waals surface area contributed by atoms with Gasteiger partial charge in [0, 0.05) is 34.2 Å². The second kappa shape index (κ2) is 8.01. The van der Waals surface area contributed by atoms with Crippen molar-refractivity contribution < 1.29 is 19.1 Å². The Balaban J connectivity index is 3.43. The van der Waals surface area contributed by atoms with E-state index in [-0.39, 0.29) is 11.5 Å². The summed E-state index contributed by atoms with van der Waals surface area (Å²) in [5.74, 6) is 2.42. The Morgan fingerprint density at radius 2 is 2.05 bits per heavy atom. The van der Waals surface area contributed by atoms with Gasteiger partial charge in [0.2, 0.25) is 5.91 Å². The Morgan fingerprint density at radius 1 is 1.35 bits per heavy atom. The average Bonchev–Trinajstić information content (AvgIpc) is 2.43. The Labute approximate surface area is 133 Å². The molecule has 1 aromatic carbocycles. The molecular formula is C13H12INO4S. The van der Waals surface area contributed by atoms with Gasteiger partial charge in [-0.15, -0.1) is 0 Å². The number of nitrogens with one attached hydrogen (secondary N) is 1. The fraction of sp³-hybridized carbons (Fsp3) is 0.231. The van der Waals surface area contributed by atoms with Crippen LogP contribution in [0.5, 0.6) is 5.75 Å². The summed E-state index contributed by atoms with van der Waals surface area (Å²) in [4.78, 5) is 22.9. The van der Waals surface area contributed by atoms with Crippen LogP contribution < -0.4 is 10.1 Å². The van der Waals surface area contributed by atoms with Crippen molar-refractivity contribution in [1.82, 2.24) is 0 Å². The summed E-state index contributed by atoms with van der Waals surface area (Å²) < 4.78 is 9.84. The molecule has 0 radical (unpaired) electrons. The van der Waals surface area contributed by atoms with Gasteiger partial charge in [-0.05, 0) is 20.3 Å². The molecule has 1 amide bonds. The molecule has 5 nitrogen and oxygen atoms in total. The first-order valence-corrected chi connectivity index (χ1v) is 8.76. The van der Waals surface area contributed by atoms with E-state index in [1.54, 1.807) is 6.07 Å². The van der Waals surface area contributed by atoms with Crippen LogP contribution in [0.15, 0.2) is 12.1 Å². The van der Waals surface area contributed by atoms with Gasteiger partial charge < -0.3 is 14.8 Å². The summed E-state index contributed by atoms with van der Waals surface area (Å²) in [6.45, 7) is 1.39. The first-order chi connectivity index (χ1) is 9.53. The molecule has 0 saturated carbocycles. The van der Waals surface area contributed by atoms with E-state index in [1.165, 1.54) is 36.1 Å². The molecule has 0 aliphatic carbocycles. The number of halogens is 1. The zero-order valence-corrected chi connectivity index (χ0v) is 14.0. The summed E-state index contributed by atoms with van der Waals surface area (Å²) in [6.07, 6.45) is 0. The Bertz CT molecular complexity index is 592. The minimum Gasteiger partial charge on any atom is -0.496 e. The van der Waals surface area contributed by atoms with Crippen molar-refractivity contribution in [2.24, 2.45) is 0 Å². The molecule has 0 fully saturated rings. The number of carbonyl (C=O) groups excluding carboxylic acids is 2. The summed E-state index contributed by atoms with van der Waals surface area (Å²) in [7, 11) is 4.03. The fourth-order valence-corrected chi connectivity index (χ4v) is 1.97. The van der Waals surface area contributed by atoms with E-state index in [1.807, 2.05) is 21.2 Å². The van der Waals surface area contributed by atoms with Gasteiger partial charge in [0.1, 0.15) is 11.3 Å². The van der Waals surface area contributed by atoms with Gasteiger partial charge >= 0.3 is 5.97 Å². The first-order valence-electron chi connectivity index (χ1n) is 5.40. The summed E-state index contributed by atoms with van der Waals surface area (Å²) in [5.41, 5.74) is 1.26. The molecule has 0 aromatic heterocycles. The minimum absolute atomic E-state index is 0.233. The molecule has 0 aliphatic rings. The van der Waals surface area contributed by atoms with Gasteiger partial charge in [0.15, 0.2) is 0 Å². The van der Waals surface area contributed by atoms with Crippen molar-refractivity contribution in [2.45, 2.75) is 6.92 Å². The number of hydrogen-bond donors (Lipinski definition) is 1. The minimum atomic E-state index is -0.526. The third-order valence-electron chi connectivity index (χ3n) is 2.28. The zero-order chi connectivity index (χ0) is 15.1. The van der Waals surface area contributed by atoms with Gasteiger partial charge in [-0.3, -0.25) is 4.79 Å². The SMILES string of the molecule is COC(=O)c1cc(C#CSI)c(NC(C)=O)cc1OC. The van der Waals surface area contributed by atoms with Crippen molar-refractivity contribution in [2.75, 3.05) is 19.5 Å². The standard InChI is InChI=1S/C13H12INO4S/c1-8(16)15-11-7-12(18-2)10(13(17)19-3)6-9(11)4-5-20-14/h6-7H,1-3H3,(H,15,16). The van der Waals surface area contributed by atoms with Crippen LogP contribution in [0, 0.1) is 11.2 Å². The lowest BCUT2D eigenvalue weighted by Crippen LogP contribution is -2.10. The highest BCUT2D eigenvalue weighted by Crippen LogP contribution is 2.28. The van der Waals surface area contributed by atoms with E-state index in [0.717, 1.165) is 0 Å². The fourth-order valence-electron chi connectivity index (χ4n) is 1.49. The van der Waals surface area contributed by atoms with Crippen LogP contribution in [0.3, 0.4) is 0 Å². The molecule has 0 spiro atoms. The Morgan fingerprint density at radius 3 is 2.55 bits per heavy atom. The molecule has 20 heavy (non-hydrogen) atoms. The number of ether oxygens (including phenoxy) is 2. The molecule has 1 N–H and O–H groups in total. The number of rotatable bonds is 3. The maximum Gasteiger partial charge on any atom is 0.341 e. The van der Waals surface area contributed by atoms with Gasteiger partial charge in [0.05, 0.1) is 25.5 Å². The molecule has 0 bridgehead atoms. The summed E-state index contributed by atoms with van der Waals surface area (Å²) >= 11 is 2.03. The predicted molar refractivity (Wildman–Crippen MR) is 87.1 cm³/mol. The molecule has 0 unspecified atom stereocenters. The third kappa shape index (κ3) is 4.31. The summed E-state index contributed by atoms with van der Waals surface area (Å²) in [6, 6.07) is 3.09. The zero-order valence-electron chi connectivity index (χ0n) is 11.1. The second-order valence-corrected chi connectivity index (χ2v) is 5.25. The lowest BCUT2D eigenvalue weighted by molar-refractivity contribution is -0.114. The second-order valence-electron chi connectivity index (χ2n) is 3.58. The third-order valence-corrected chi connectivity index (χ3v) is 3.12. The van der Waals surface area contributed by atoms with Crippen LogP contribution in [-0.4, -0.2) is 26.1 Å². The van der Waals surface area contributed by atoms with Crippen molar-refractivity contribution in [3.05, 3.63) is 23.3 Å². The molecule has 7 heteroatoms. The van der Waals surface area contributed by atoms with Crippen molar-refractivity contribution in [3.63, 3.8) is 0 Å². The normalized spacial score (nSPS) is 9.20. The molecule has 1 aromatic rings. The highest BCUT2D eigenvalue weighted by molar-refractivity contribution is 14.2. The van der Waals surface area contributed by atoms with E-state index in [0.29, 0.717) is 17.0 Å². The number of anilines is 1. The molecule has 1 rings (SSSR count). The topological polar surface area (TPSA) is 64.6 Å². The molecule has 106 valence electrons. The van der Waals surface area contributed by atoms with Gasteiger partial charge in [-0.1, -0.05) is 5.92 Å². The van der Waals surface area contributed by atoms with Crippen LogP contribution in [-0.2, 0) is 9.53 Å². The van der Waals surface area contributed by atoms with E-state index in [4.69, 9.17) is 9.47 Å². The number of carbonyl (C=O) groups is 2. The highest BCUT2D eigenvalue weighted by Gasteiger charge is 2.16. The number of benzene rings is 1.